The topological polar surface area (TPSA) is 61.2 Å². The Balaban J connectivity index is 1.55. The number of ketones is 1. The first kappa shape index (κ1) is 17.1. The number of halogens is 1. The summed E-state index contributed by atoms with van der Waals surface area (Å²) >= 11 is 0. The molecular weight excluding hydrogens is 347 g/mol. The molecule has 136 valence electrons. The maximum absolute atomic E-state index is 13.7. The van der Waals surface area contributed by atoms with Gasteiger partial charge in [0.15, 0.2) is 12.3 Å². The Morgan fingerprint density at radius 3 is 2.48 bits per heavy atom. The minimum atomic E-state index is -0.664. The molecule has 1 aromatic heterocycles. The number of nitrogens with zero attached hydrogens (tertiary/aromatic N) is 2. The van der Waals surface area contributed by atoms with Crippen molar-refractivity contribution in [2.24, 2.45) is 0 Å². The molecule has 0 bridgehead atoms. The lowest BCUT2D eigenvalue weighted by Gasteiger charge is -2.08. The third-order valence-electron chi connectivity index (χ3n) is 4.44. The van der Waals surface area contributed by atoms with Crippen molar-refractivity contribution in [3.8, 4) is 5.69 Å². The van der Waals surface area contributed by atoms with Crippen LogP contribution in [0.1, 0.15) is 45.3 Å². The third-order valence-corrected chi connectivity index (χ3v) is 4.44. The highest BCUT2D eigenvalue weighted by Gasteiger charge is 2.29. The van der Waals surface area contributed by atoms with Gasteiger partial charge in [0.25, 0.3) is 0 Å². The quantitative estimate of drug-likeness (QED) is 0.491. The largest absolute Gasteiger partial charge is 0.453 e. The molecule has 0 amide bonds. The summed E-state index contributed by atoms with van der Waals surface area (Å²) < 4.78 is 20.4. The highest BCUT2D eigenvalue weighted by molar-refractivity contribution is 5.99. The lowest BCUT2D eigenvalue weighted by molar-refractivity contribution is 0.0464. The van der Waals surface area contributed by atoms with Gasteiger partial charge >= 0.3 is 5.97 Å². The van der Waals surface area contributed by atoms with Crippen LogP contribution in [0.5, 0.6) is 0 Å². The summed E-state index contributed by atoms with van der Waals surface area (Å²) in [5.41, 5.74) is 1.73. The predicted molar refractivity (Wildman–Crippen MR) is 96.6 cm³/mol. The number of aromatic nitrogens is 2. The minimum absolute atomic E-state index is 0.0967. The molecule has 0 aliphatic heterocycles. The van der Waals surface area contributed by atoms with Crippen molar-refractivity contribution in [3.63, 3.8) is 0 Å². The number of carbonyl (C=O) groups is 2. The maximum Gasteiger partial charge on any atom is 0.357 e. The lowest BCUT2D eigenvalue weighted by atomic mass is 10.1. The average Bonchev–Trinajstić information content (AvgIpc) is 3.45. The fourth-order valence-corrected chi connectivity index (χ4v) is 2.86. The Bertz CT molecular complexity index is 994. The normalized spacial score (nSPS) is 13.4. The second-order valence-corrected chi connectivity index (χ2v) is 6.46. The van der Waals surface area contributed by atoms with E-state index in [-0.39, 0.29) is 11.3 Å². The molecule has 27 heavy (non-hydrogen) atoms. The number of rotatable bonds is 6. The number of hydrogen-bond acceptors (Lipinski definition) is 4. The number of carbonyl (C=O) groups excluding carboxylic acids is 2. The van der Waals surface area contributed by atoms with Gasteiger partial charge in [0, 0.05) is 5.92 Å². The highest BCUT2D eigenvalue weighted by Crippen LogP contribution is 2.39. The van der Waals surface area contributed by atoms with E-state index in [1.807, 2.05) is 30.3 Å². The summed E-state index contributed by atoms with van der Waals surface area (Å²) in [6, 6.07) is 16.6. The van der Waals surface area contributed by atoms with Crippen molar-refractivity contribution in [2.45, 2.75) is 18.8 Å². The molecule has 0 spiro atoms. The summed E-state index contributed by atoms with van der Waals surface area (Å²) in [4.78, 5) is 24.7. The van der Waals surface area contributed by atoms with E-state index in [1.54, 1.807) is 12.1 Å². The molecule has 0 unspecified atom stereocenters. The third kappa shape index (κ3) is 3.65. The van der Waals surface area contributed by atoms with Crippen molar-refractivity contribution in [2.75, 3.05) is 6.61 Å². The zero-order chi connectivity index (χ0) is 18.8. The minimum Gasteiger partial charge on any atom is -0.453 e. The average molecular weight is 364 g/mol. The van der Waals surface area contributed by atoms with Gasteiger partial charge in [0.1, 0.15) is 5.82 Å². The number of para-hydroxylation sites is 1. The highest BCUT2D eigenvalue weighted by atomic mass is 19.1. The molecule has 1 aliphatic carbocycles. The monoisotopic (exact) mass is 364 g/mol. The summed E-state index contributed by atoms with van der Waals surface area (Å²) in [6.07, 6.45) is 2.10. The molecule has 0 saturated heterocycles. The number of benzene rings is 2. The lowest BCUT2D eigenvalue weighted by Crippen LogP contribution is -2.18. The van der Waals surface area contributed by atoms with Gasteiger partial charge in [-0.15, -0.1) is 0 Å². The van der Waals surface area contributed by atoms with Gasteiger partial charge < -0.3 is 4.74 Å². The van der Waals surface area contributed by atoms with Gasteiger partial charge in [-0.25, -0.2) is 13.9 Å². The van der Waals surface area contributed by atoms with Crippen LogP contribution in [0.4, 0.5) is 4.39 Å². The molecule has 4 rings (SSSR count). The van der Waals surface area contributed by atoms with E-state index in [4.69, 9.17) is 4.74 Å². The first-order valence-corrected chi connectivity index (χ1v) is 8.73. The van der Waals surface area contributed by atoms with Crippen LogP contribution in [0.2, 0.25) is 0 Å². The van der Waals surface area contributed by atoms with Crippen molar-refractivity contribution in [1.29, 1.82) is 0 Å². The molecule has 2 aromatic carbocycles. The van der Waals surface area contributed by atoms with Crippen molar-refractivity contribution in [1.82, 2.24) is 9.78 Å². The molecule has 1 saturated carbocycles. The van der Waals surface area contributed by atoms with Gasteiger partial charge in [-0.05, 0) is 43.2 Å². The van der Waals surface area contributed by atoms with Crippen molar-refractivity contribution < 1.29 is 18.7 Å². The summed E-state index contributed by atoms with van der Waals surface area (Å²) in [6.45, 7) is -0.529. The van der Waals surface area contributed by atoms with Crippen LogP contribution >= 0.6 is 0 Å². The fourth-order valence-electron chi connectivity index (χ4n) is 2.86. The first-order chi connectivity index (χ1) is 13.1. The number of Topliss-reactive ketones (excluding diaryl/α,β-unsaturated/α-hetero) is 1. The molecule has 1 fully saturated rings. The molecule has 0 radical (unpaired) electrons. The first-order valence-electron chi connectivity index (χ1n) is 8.73. The smallest absolute Gasteiger partial charge is 0.357 e. The Morgan fingerprint density at radius 1 is 1.07 bits per heavy atom. The Hall–Kier alpha value is -3.28. The van der Waals surface area contributed by atoms with E-state index in [0.29, 0.717) is 5.92 Å². The van der Waals surface area contributed by atoms with E-state index in [1.165, 1.54) is 22.9 Å². The maximum atomic E-state index is 13.7. The van der Waals surface area contributed by atoms with E-state index in [2.05, 4.69) is 5.10 Å². The van der Waals surface area contributed by atoms with Crippen LogP contribution in [0, 0.1) is 5.82 Å². The van der Waals surface area contributed by atoms with E-state index in [9.17, 15) is 14.0 Å². The zero-order valence-electron chi connectivity index (χ0n) is 14.5. The standard InChI is InChI=1S/C21H17FN2O3/c22-17-9-5-4-8-16(17)20(25)13-27-21(26)19-12-18(14-10-11-14)23-24(19)15-6-2-1-3-7-15/h1-9,12,14H,10-11,13H2. The van der Waals surface area contributed by atoms with Crippen LogP contribution < -0.4 is 0 Å². The van der Waals surface area contributed by atoms with Crippen molar-refractivity contribution >= 4 is 11.8 Å². The van der Waals surface area contributed by atoms with Crippen molar-refractivity contribution in [3.05, 3.63) is 83.4 Å². The molecular formula is C21H17FN2O3. The Morgan fingerprint density at radius 2 is 1.78 bits per heavy atom. The predicted octanol–water partition coefficient (Wildman–Crippen LogP) is 3.93. The molecule has 5 nitrogen and oxygen atoms in total. The molecule has 3 aromatic rings. The van der Waals surface area contributed by atoms with Crippen LogP contribution in [-0.2, 0) is 4.74 Å². The summed E-state index contributed by atoms with van der Waals surface area (Å²) in [5.74, 6) is -1.52. The van der Waals surface area contributed by atoms with Crippen LogP contribution in [0.15, 0.2) is 60.7 Å². The Labute approximate surface area is 155 Å². The van der Waals surface area contributed by atoms with Crippen LogP contribution in [0.25, 0.3) is 5.69 Å². The molecule has 6 heteroatoms. The van der Waals surface area contributed by atoms with E-state index in [0.717, 1.165) is 24.2 Å². The molecule has 0 N–H and O–H groups in total. The number of hydrogen-bond donors (Lipinski definition) is 0. The molecule has 0 atom stereocenters. The van der Waals surface area contributed by atoms with Gasteiger partial charge in [-0.3, -0.25) is 4.79 Å². The summed E-state index contributed by atoms with van der Waals surface area (Å²) in [5, 5.41) is 4.53. The van der Waals surface area contributed by atoms with Gasteiger partial charge in [0.2, 0.25) is 5.78 Å². The SMILES string of the molecule is O=C(COC(=O)c1cc(C2CC2)nn1-c1ccccc1)c1ccccc1F. The van der Waals surface area contributed by atoms with Crippen LogP contribution in [-0.4, -0.2) is 28.1 Å². The second kappa shape index (κ2) is 7.15. The number of esters is 1. The van der Waals surface area contributed by atoms with Crippen LogP contribution in [0.3, 0.4) is 0 Å². The van der Waals surface area contributed by atoms with Gasteiger partial charge in [-0.2, -0.15) is 5.10 Å². The second-order valence-electron chi connectivity index (χ2n) is 6.46. The van der Waals surface area contributed by atoms with Gasteiger partial charge in [-0.1, -0.05) is 30.3 Å². The van der Waals surface area contributed by atoms with E-state index < -0.39 is 24.2 Å². The Kier molecular flexibility index (Phi) is 4.54. The molecule has 1 aliphatic rings. The van der Waals surface area contributed by atoms with E-state index >= 15 is 0 Å². The zero-order valence-corrected chi connectivity index (χ0v) is 14.5. The van der Waals surface area contributed by atoms with Gasteiger partial charge in [0.05, 0.1) is 16.9 Å². The summed E-state index contributed by atoms with van der Waals surface area (Å²) in [7, 11) is 0. The fraction of sp³-hybridized carbons (Fsp3) is 0.190. The molecule has 1 heterocycles. The number of ether oxygens (including phenoxy) is 1.